The summed E-state index contributed by atoms with van der Waals surface area (Å²) >= 11 is 0. The zero-order chi connectivity index (χ0) is 11.0. The number of amidine groups is 1. The van der Waals surface area contributed by atoms with Gasteiger partial charge in [-0.3, -0.25) is 4.79 Å². The molecular formula is C9H6F2N2O2. The zero-order valence-corrected chi connectivity index (χ0v) is 7.41. The third-order valence-corrected chi connectivity index (χ3v) is 1.95. The van der Waals surface area contributed by atoms with Crippen molar-refractivity contribution in [2.24, 2.45) is 10.7 Å². The van der Waals surface area contributed by atoms with Gasteiger partial charge >= 0.3 is 0 Å². The summed E-state index contributed by atoms with van der Waals surface area (Å²) in [6.45, 7) is 0. The molecule has 0 aromatic heterocycles. The van der Waals surface area contributed by atoms with Crippen LogP contribution in [0.2, 0.25) is 0 Å². The Morgan fingerprint density at radius 1 is 1.33 bits per heavy atom. The number of halogens is 2. The van der Waals surface area contributed by atoms with Crippen LogP contribution >= 0.6 is 0 Å². The molecule has 1 amide bonds. The van der Waals surface area contributed by atoms with Crippen LogP contribution < -0.4 is 5.73 Å². The van der Waals surface area contributed by atoms with Gasteiger partial charge in [-0.1, -0.05) is 6.07 Å². The van der Waals surface area contributed by atoms with Crippen molar-refractivity contribution in [3.63, 3.8) is 0 Å². The Hall–Kier alpha value is -1.98. The normalized spacial score (nSPS) is 20.0. The second-order valence-corrected chi connectivity index (χ2v) is 2.92. The van der Waals surface area contributed by atoms with Gasteiger partial charge in [0.1, 0.15) is 11.6 Å². The van der Waals surface area contributed by atoms with Crippen molar-refractivity contribution in [3.8, 4) is 0 Å². The summed E-state index contributed by atoms with van der Waals surface area (Å²) in [6.07, 6.45) is -1.41. The fraction of sp³-hybridized carbons (Fsp3) is 0.111. The minimum atomic E-state index is -1.41. The summed E-state index contributed by atoms with van der Waals surface area (Å²) in [7, 11) is 0. The van der Waals surface area contributed by atoms with E-state index in [1.54, 1.807) is 0 Å². The predicted molar refractivity (Wildman–Crippen MR) is 46.8 cm³/mol. The molecule has 0 spiro atoms. The smallest absolute Gasteiger partial charge is 0.296 e. The van der Waals surface area contributed by atoms with E-state index in [-0.39, 0.29) is 6.02 Å². The Balaban J connectivity index is 2.44. The highest BCUT2D eigenvalue weighted by Crippen LogP contribution is 2.27. The van der Waals surface area contributed by atoms with Gasteiger partial charge in [-0.25, -0.2) is 8.78 Å². The third-order valence-electron chi connectivity index (χ3n) is 1.95. The monoisotopic (exact) mass is 212 g/mol. The van der Waals surface area contributed by atoms with Crippen LogP contribution in [0.5, 0.6) is 0 Å². The minimum absolute atomic E-state index is 0.382. The fourth-order valence-electron chi connectivity index (χ4n) is 1.31. The number of nitrogens with two attached hydrogens (primary N) is 1. The molecule has 78 valence electrons. The van der Waals surface area contributed by atoms with Gasteiger partial charge in [0.15, 0.2) is 0 Å². The summed E-state index contributed by atoms with van der Waals surface area (Å²) in [5, 5.41) is 0. The van der Waals surface area contributed by atoms with Gasteiger partial charge in [-0.05, 0) is 12.1 Å². The van der Waals surface area contributed by atoms with Crippen LogP contribution in [0.15, 0.2) is 23.2 Å². The Morgan fingerprint density at radius 2 is 1.93 bits per heavy atom. The molecule has 1 aliphatic heterocycles. The van der Waals surface area contributed by atoms with E-state index in [0.717, 1.165) is 12.1 Å². The molecule has 2 N–H and O–H groups in total. The van der Waals surface area contributed by atoms with E-state index in [4.69, 9.17) is 10.5 Å². The molecule has 0 aliphatic carbocycles. The molecular weight excluding hydrogens is 206 g/mol. The second-order valence-electron chi connectivity index (χ2n) is 2.92. The number of carbonyl (C=O) groups excluding carboxylic acids is 1. The highest BCUT2D eigenvalue weighted by atomic mass is 19.1. The maximum Gasteiger partial charge on any atom is 0.296 e. The van der Waals surface area contributed by atoms with Crippen LogP contribution in [0.4, 0.5) is 8.78 Å². The molecule has 15 heavy (non-hydrogen) atoms. The lowest BCUT2D eigenvalue weighted by Gasteiger charge is -2.10. The van der Waals surface area contributed by atoms with E-state index in [1.807, 2.05) is 0 Å². The number of amides is 1. The summed E-state index contributed by atoms with van der Waals surface area (Å²) in [5.41, 5.74) is 4.65. The topological polar surface area (TPSA) is 64.7 Å². The molecule has 1 heterocycles. The van der Waals surface area contributed by atoms with Crippen molar-refractivity contribution in [1.82, 2.24) is 0 Å². The number of hydrogen-bond donors (Lipinski definition) is 1. The first kappa shape index (κ1) is 9.57. The second kappa shape index (κ2) is 3.30. The number of hydrogen-bond acceptors (Lipinski definition) is 3. The standard InChI is InChI=1S/C9H6F2N2O2/c10-4-2-1-3-5(11)6(4)7-8(14)13-9(12)15-7/h1-3,7H,(H2,12,13,14). The van der Waals surface area contributed by atoms with Gasteiger partial charge in [0.25, 0.3) is 11.9 Å². The fourth-order valence-corrected chi connectivity index (χ4v) is 1.31. The van der Waals surface area contributed by atoms with Crippen LogP contribution in [0, 0.1) is 11.6 Å². The number of benzene rings is 1. The first-order valence-corrected chi connectivity index (χ1v) is 4.08. The molecule has 0 saturated heterocycles. The van der Waals surface area contributed by atoms with E-state index >= 15 is 0 Å². The molecule has 6 heteroatoms. The van der Waals surface area contributed by atoms with Gasteiger partial charge in [0.2, 0.25) is 6.10 Å². The molecule has 2 rings (SSSR count). The molecule has 1 unspecified atom stereocenters. The highest BCUT2D eigenvalue weighted by molar-refractivity contribution is 5.98. The van der Waals surface area contributed by atoms with Crippen molar-refractivity contribution in [2.75, 3.05) is 0 Å². The lowest BCUT2D eigenvalue weighted by Crippen LogP contribution is -2.16. The van der Waals surface area contributed by atoms with Gasteiger partial charge < -0.3 is 10.5 Å². The lowest BCUT2D eigenvalue weighted by atomic mass is 10.1. The molecule has 4 nitrogen and oxygen atoms in total. The van der Waals surface area contributed by atoms with Gasteiger partial charge in [0, 0.05) is 0 Å². The molecule has 0 saturated carbocycles. The molecule has 1 aliphatic rings. The molecule has 0 bridgehead atoms. The highest BCUT2D eigenvalue weighted by Gasteiger charge is 2.33. The first-order chi connectivity index (χ1) is 7.09. The Labute approximate surface area is 83.4 Å². The largest absolute Gasteiger partial charge is 0.446 e. The Bertz CT molecular complexity index is 439. The van der Waals surface area contributed by atoms with E-state index in [1.165, 1.54) is 6.07 Å². The van der Waals surface area contributed by atoms with Crippen molar-refractivity contribution in [2.45, 2.75) is 6.10 Å². The van der Waals surface area contributed by atoms with Crippen LogP contribution in [0.3, 0.4) is 0 Å². The molecule has 0 fully saturated rings. The zero-order valence-electron chi connectivity index (χ0n) is 7.41. The average molecular weight is 212 g/mol. The van der Waals surface area contributed by atoms with Crippen LogP contribution in [0.1, 0.15) is 11.7 Å². The first-order valence-electron chi connectivity index (χ1n) is 4.08. The van der Waals surface area contributed by atoms with E-state index in [9.17, 15) is 13.6 Å². The summed E-state index contributed by atoms with van der Waals surface area (Å²) in [6, 6.07) is 2.87. The SMILES string of the molecule is NC1=NC(=O)C(c2c(F)cccc2F)O1. The summed E-state index contributed by atoms with van der Waals surface area (Å²) < 4.78 is 31.2. The maximum atomic E-state index is 13.2. The van der Waals surface area contributed by atoms with Crippen LogP contribution in [0.25, 0.3) is 0 Å². The summed E-state index contributed by atoms with van der Waals surface area (Å²) in [4.78, 5) is 14.4. The third kappa shape index (κ3) is 1.54. The van der Waals surface area contributed by atoms with E-state index < -0.39 is 29.2 Å². The average Bonchev–Trinajstić information content (AvgIpc) is 2.45. The predicted octanol–water partition coefficient (Wildman–Crippen LogP) is 0.877. The number of carbonyl (C=O) groups is 1. The Morgan fingerprint density at radius 3 is 2.40 bits per heavy atom. The van der Waals surface area contributed by atoms with Crippen molar-refractivity contribution < 1.29 is 18.3 Å². The van der Waals surface area contributed by atoms with Crippen molar-refractivity contribution >= 4 is 11.9 Å². The number of aliphatic imine (C=N–C) groups is 1. The minimum Gasteiger partial charge on any atom is -0.446 e. The molecule has 0 radical (unpaired) electrons. The number of ether oxygens (including phenoxy) is 1. The van der Waals surface area contributed by atoms with Crippen molar-refractivity contribution in [1.29, 1.82) is 0 Å². The van der Waals surface area contributed by atoms with Gasteiger partial charge in [0.05, 0.1) is 5.56 Å². The van der Waals surface area contributed by atoms with Crippen LogP contribution in [-0.2, 0) is 9.53 Å². The molecule has 1 atom stereocenters. The Kier molecular flexibility index (Phi) is 2.11. The summed E-state index contributed by atoms with van der Waals surface area (Å²) in [5.74, 6) is -2.53. The maximum absolute atomic E-state index is 13.2. The lowest BCUT2D eigenvalue weighted by molar-refractivity contribution is -0.123. The molecule has 1 aromatic rings. The molecule has 1 aromatic carbocycles. The van der Waals surface area contributed by atoms with E-state index in [2.05, 4.69) is 4.99 Å². The number of rotatable bonds is 1. The van der Waals surface area contributed by atoms with Gasteiger partial charge in [-0.2, -0.15) is 4.99 Å². The van der Waals surface area contributed by atoms with Gasteiger partial charge in [-0.15, -0.1) is 0 Å². The quantitative estimate of drug-likeness (QED) is 0.751. The number of nitrogens with zero attached hydrogens (tertiary/aromatic N) is 1. The van der Waals surface area contributed by atoms with Crippen LogP contribution in [-0.4, -0.2) is 11.9 Å². The van der Waals surface area contributed by atoms with Crippen molar-refractivity contribution in [3.05, 3.63) is 35.4 Å². The van der Waals surface area contributed by atoms with E-state index in [0.29, 0.717) is 0 Å².